The molecule has 1 aromatic rings. The van der Waals surface area contributed by atoms with E-state index in [0.29, 0.717) is 19.2 Å². The normalized spacial score (nSPS) is 16.6. The van der Waals surface area contributed by atoms with Crippen LogP contribution in [0.4, 0.5) is 0 Å². The van der Waals surface area contributed by atoms with Gasteiger partial charge in [0.25, 0.3) is 0 Å². The third-order valence-corrected chi connectivity index (χ3v) is 3.84. The Morgan fingerprint density at radius 3 is 2.90 bits per heavy atom. The van der Waals surface area contributed by atoms with Gasteiger partial charge in [0.05, 0.1) is 19.3 Å². The number of carboxylic acid groups (broad SMARTS) is 1. The number of carboxylic acids is 1. The van der Waals surface area contributed by atoms with Crippen molar-refractivity contribution in [1.29, 1.82) is 0 Å². The van der Waals surface area contributed by atoms with Crippen molar-refractivity contribution < 1.29 is 14.6 Å². The minimum Gasteiger partial charge on any atom is -0.476 e. The smallest absolute Gasteiger partial charge is 0.358 e. The molecular weight excluding hydrogens is 260 g/mol. The third kappa shape index (κ3) is 4.01. The van der Waals surface area contributed by atoms with E-state index >= 15 is 0 Å². The van der Waals surface area contributed by atoms with E-state index in [0.717, 1.165) is 19.0 Å². The molecular formula is C13H22N4O3. The first-order valence-corrected chi connectivity index (χ1v) is 6.98. The van der Waals surface area contributed by atoms with E-state index in [1.807, 2.05) is 0 Å². The van der Waals surface area contributed by atoms with Gasteiger partial charge in [-0.2, -0.15) is 0 Å². The average molecular weight is 282 g/mol. The molecule has 1 unspecified atom stereocenters. The summed E-state index contributed by atoms with van der Waals surface area (Å²) < 4.78 is 6.74. The van der Waals surface area contributed by atoms with E-state index in [1.54, 1.807) is 11.8 Å². The lowest BCUT2D eigenvalue weighted by Gasteiger charge is -2.28. The molecule has 0 radical (unpaired) electrons. The second-order valence-corrected chi connectivity index (χ2v) is 5.28. The van der Waals surface area contributed by atoms with Crippen molar-refractivity contribution in [3.8, 4) is 0 Å². The first kappa shape index (κ1) is 14.9. The van der Waals surface area contributed by atoms with E-state index in [9.17, 15) is 4.79 Å². The average Bonchev–Trinajstić information content (AvgIpc) is 3.17. The van der Waals surface area contributed by atoms with Crippen molar-refractivity contribution >= 4 is 5.97 Å². The fraction of sp³-hybridized carbons (Fsp3) is 0.769. The van der Waals surface area contributed by atoms with Crippen LogP contribution in [0.3, 0.4) is 0 Å². The molecule has 112 valence electrons. The molecule has 1 aromatic heterocycles. The Kier molecular flexibility index (Phi) is 5.08. The highest BCUT2D eigenvalue weighted by atomic mass is 16.5. The molecule has 1 N–H and O–H groups in total. The summed E-state index contributed by atoms with van der Waals surface area (Å²) in [6.45, 7) is 5.30. The number of aromatic nitrogens is 3. The highest BCUT2D eigenvalue weighted by molar-refractivity contribution is 5.84. The van der Waals surface area contributed by atoms with Gasteiger partial charge in [0.1, 0.15) is 0 Å². The first-order chi connectivity index (χ1) is 9.61. The van der Waals surface area contributed by atoms with Gasteiger partial charge < -0.3 is 9.84 Å². The third-order valence-electron chi connectivity index (χ3n) is 3.84. The van der Waals surface area contributed by atoms with Gasteiger partial charge >= 0.3 is 5.97 Å². The minimum absolute atomic E-state index is 0.0105. The summed E-state index contributed by atoms with van der Waals surface area (Å²) in [5.41, 5.74) is -0.0105. The van der Waals surface area contributed by atoms with Gasteiger partial charge in [-0.25, -0.2) is 4.79 Å². The Morgan fingerprint density at radius 2 is 2.35 bits per heavy atom. The van der Waals surface area contributed by atoms with Crippen LogP contribution in [0.15, 0.2) is 6.20 Å². The van der Waals surface area contributed by atoms with Crippen LogP contribution >= 0.6 is 0 Å². The van der Waals surface area contributed by atoms with Gasteiger partial charge in [-0.3, -0.25) is 9.58 Å². The minimum atomic E-state index is -1.04. The van der Waals surface area contributed by atoms with Crippen molar-refractivity contribution in [3.63, 3.8) is 0 Å². The van der Waals surface area contributed by atoms with Crippen molar-refractivity contribution in [1.82, 2.24) is 19.9 Å². The summed E-state index contributed by atoms with van der Waals surface area (Å²) in [7, 11) is 1.70. The number of hydrogen-bond acceptors (Lipinski definition) is 5. The number of rotatable bonds is 9. The Bertz CT molecular complexity index is 445. The Labute approximate surface area is 118 Å². The molecule has 2 rings (SSSR count). The lowest BCUT2D eigenvalue weighted by molar-refractivity contribution is 0.0690. The van der Waals surface area contributed by atoms with Gasteiger partial charge in [0.2, 0.25) is 0 Å². The quantitative estimate of drug-likeness (QED) is 0.719. The van der Waals surface area contributed by atoms with Gasteiger partial charge in [-0.15, -0.1) is 5.10 Å². The zero-order valence-electron chi connectivity index (χ0n) is 12.0. The molecule has 0 spiro atoms. The molecule has 0 saturated heterocycles. The van der Waals surface area contributed by atoms with Crippen LogP contribution in [-0.2, 0) is 11.3 Å². The molecule has 0 aliphatic heterocycles. The summed E-state index contributed by atoms with van der Waals surface area (Å²) in [5, 5.41) is 16.3. The maximum Gasteiger partial charge on any atom is 0.358 e. The van der Waals surface area contributed by atoms with Crippen LogP contribution in [-0.4, -0.2) is 63.8 Å². The summed E-state index contributed by atoms with van der Waals surface area (Å²) in [6.07, 6.45) is 4.08. The predicted octanol–water partition coefficient (Wildman–Crippen LogP) is 0.723. The topological polar surface area (TPSA) is 80.5 Å². The maximum atomic E-state index is 10.8. The van der Waals surface area contributed by atoms with Crippen molar-refractivity contribution in [2.75, 3.05) is 26.8 Å². The standard InChI is InChI=1S/C13H22N4O3/c1-10(11-3-4-11)16(7-8-20-2)5-6-17-9-12(13(18)19)14-15-17/h9-11H,3-8H2,1-2H3,(H,18,19). The first-order valence-electron chi connectivity index (χ1n) is 6.98. The number of ether oxygens (including phenoxy) is 1. The van der Waals surface area contributed by atoms with Crippen LogP contribution in [0.1, 0.15) is 30.3 Å². The van der Waals surface area contributed by atoms with Crippen LogP contribution in [0.5, 0.6) is 0 Å². The zero-order valence-corrected chi connectivity index (χ0v) is 12.0. The largest absolute Gasteiger partial charge is 0.476 e. The van der Waals surface area contributed by atoms with Crippen molar-refractivity contribution in [2.24, 2.45) is 5.92 Å². The molecule has 0 aromatic carbocycles. The number of carbonyl (C=O) groups is 1. The van der Waals surface area contributed by atoms with E-state index in [1.165, 1.54) is 19.0 Å². The fourth-order valence-corrected chi connectivity index (χ4v) is 2.34. The van der Waals surface area contributed by atoms with Crippen LogP contribution < -0.4 is 0 Å². The summed E-state index contributed by atoms with van der Waals surface area (Å²) >= 11 is 0. The second-order valence-electron chi connectivity index (χ2n) is 5.28. The number of aromatic carboxylic acids is 1. The lowest BCUT2D eigenvalue weighted by Crippen LogP contribution is -2.39. The van der Waals surface area contributed by atoms with Gasteiger partial charge in [0.15, 0.2) is 5.69 Å². The van der Waals surface area contributed by atoms with E-state index in [4.69, 9.17) is 9.84 Å². The van der Waals surface area contributed by atoms with Crippen LogP contribution in [0.25, 0.3) is 0 Å². The highest BCUT2D eigenvalue weighted by Gasteiger charge is 2.31. The number of nitrogens with zero attached hydrogens (tertiary/aromatic N) is 4. The second kappa shape index (κ2) is 6.81. The lowest BCUT2D eigenvalue weighted by atomic mass is 10.2. The Balaban J connectivity index is 1.87. The number of methoxy groups -OCH3 is 1. The zero-order chi connectivity index (χ0) is 14.5. The van der Waals surface area contributed by atoms with Gasteiger partial charge in [0, 0.05) is 26.2 Å². The molecule has 0 amide bonds. The maximum absolute atomic E-state index is 10.8. The molecule has 7 nitrogen and oxygen atoms in total. The monoisotopic (exact) mass is 282 g/mol. The van der Waals surface area contributed by atoms with E-state index in [-0.39, 0.29) is 5.69 Å². The molecule has 7 heteroatoms. The molecule has 1 saturated carbocycles. The van der Waals surface area contributed by atoms with Crippen molar-refractivity contribution in [3.05, 3.63) is 11.9 Å². The molecule has 1 aliphatic carbocycles. The molecule has 1 fully saturated rings. The summed E-state index contributed by atoms with van der Waals surface area (Å²) in [6, 6.07) is 0.535. The van der Waals surface area contributed by atoms with E-state index in [2.05, 4.69) is 22.1 Å². The summed E-state index contributed by atoms with van der Waals surface area (Å²) in [5.74, 6) is -0.254. The predicted molar refractivity (Wildman–Crippen MR) is 72.6 cm³/mol. The van der Waals surface area contributed by atoms with Crippen LogP contribution in [0.2, 0.25) is 0 Å². The van der Waals surface area contributed by atoms with Gasteiger partial charge in [-0.05, 0) is 25.7 Å². The van der Waals surface area contributed by atoms with Crippen molar-refractivity contribution in [2.45, 2.75) is 32.4 Å². The molecule has 1 atom stereocenters. The SMILES string of the molecule is COCCN(CCn1cc(C(=O)O)nn1)C(C)C1CC1. The number of hydrogen-bond donors (Lipinski definition) is 1. The molecule has 1 heterocycles. The fourth-order valence-electron chi connectivity index (χ4n) is 2.34. The summed E-state index contributed by atoms with van der Waals surface area (Å²) in [4.78, 5) is 13.1. The molecule has 0 bridgehead atoms. The Morgan fingerprint density at radius 1 is 1.60 bits per heavy atom. The van der Waals surface area contributed by atoms with Gasteiger partial charge in [-0.1, -0.05) is 5.21 Å². The van der Waals surface area contributed by atoms with E-state index < -0.39 is 5.97 Å². The molecule has 1 aliphatic rings. The molecule has 20 heavy (non-hydrogen) atoms. The highest BCUT2D eigenvalue weighted by Crippen LogP contribution is 2.34. The van der Waals surface area contributed by atoms with Crippen LogP contribution in [0, 0.1) is 5.92 Å². The Hall–Kier alpha value is -1.47.